The Morgan fingerprint density at radius 3 is 2.68 bits per heavy atom. The number of anilines is 1. The van der Waals surface area contributed by atoms with Crippen molar-refractivity contribution in [1.82, 2.24) is 20.4 Å². The minimum absolute atomic E-state index is 0.0202. The van der Waals surface area contributed by atoms with Crippen molar-refractivity contribution in [2.45, 2.75) is 32.2 Å². The van der Waals surface area contributed by atoms with Crippen LogP contribution in [0.3, 0.4) is 0 Å². The number of aromatic amines is 1. The van der Waals surface area contributed by atoms with Crippen molar-refractivity contribution in [2.24, 2.45) is 5.92 Å². The fourth-order valence-electron chi connectivity index (χ4n) is 3.18. The minimum atomic E-state index is -0.190. The maximum Gasteiger partial charge on any atom is 0.225 e. The molecule has 2 N–H and O–H groups in total. The number of likely N-dealkylation sites (tertiary alicyclic amines) is 1. The smallest absolute Gasteiger partial charge is 0.225 e. The maximum atomic E-state index is 12.2. The van der Waals surface area contributed by atoms with Gasteiger partial charge in [-0.25, -0.2) is 0 Å². The first-order valence-electron chi connectivity index (χ1n) is 7.84. The fraction of sp³-hybridized carbons (Fsp3) is 0.667. The monoisotopic (exact) mass is 305 g/mol. The molecule has 2 fully saturated rings. The molecule has 120 valence electrons. The predicted molar refractivity (Wildman–Crippen MR) is 82.4 cm³/mol. The molecule has 0 radical (unpaired) electrons. The number of carbonyl (C=O) groups is 2. The summed E-state index contributed by atoms with van der Waals surface area (Å²) in [6.45, 7) is 4.30. The lowest BCUT2D eigenvalue weighted by molar-refractivity contribution is -0.128. The normalized spacial score (nSPS) is 23.2. The number of hydrogen-bond acceptors (Lipinski definition) is 4. The van der Waals surface area contributed by atoms with Crippen LogP contribution in [-0.2, 0) is 9.59 Å². The molecule has 2 aliphatic rings. The van der Waals surface area contributed by atoms with Crippen LogP contribution in [0.5, 0.6) is 0 Å². The summed E-state index contributed by atoms with van der Waals surface area (Å²) in [5, 5.41) is 10.3. The third-order valence-electron chi connectivity index (χ3n) is 4.57. The molecule has 2 aliphatic heterocycles. The second kappa shape index (κ2) is 5.98. The van der Waals surface area contributed by atoms with E-state index in [1.807, 2.05) is 13.0 Å². The highest BCUT2D eigenvalue weighted by Crippen LogP contribution is 2.20. The molecule has 0 bridgehead atoms. The molecule has 1 aromatic heterocycles. The van der Waals surface area contributed by atoms with Crippen LogP contribution < -0.4 is 10.2 Å². The third-order valence-corrected chi connectivity index (χ3v) is 4.57. The number of hydrogen-bond donors (Lipinski definition) is 2. The first-order valence-corrected chi connectivity index (χ1v) is 7.84. The Morgan fingerprint density at radius 1 is 1.41 bits per heavy atom. The van der Waals surface area contributed by atoms with Gasteiger partial charge in [0.05, 0.1) is 5.92 Å². The Balaban J connectivity index is 1.48. The zero-order valence-electron chi connectivity index (χ0n) is 13.1. The minimum Gasteiger partial charge on any atom is -0.355 e. The summed E-state index contributed by atoms with van der Waals surface area (Å²) < 4.78 is 0. The zero-order valence-corrected chi connectivity index (χ0v) is 13.1. The van der Waals surface area contributed by atoms with Gasteiger partial charge in [-0.1, -0.05) is 0 Å². The molecule has 0 aromatic carbocycles. The van der Waals surface area contributed by atoms with Crippen LogP contribution in [0.1, 0.15) is 25.0 Å². The van der Waals surface area contributed by atoms with Crippen molar-refractivity contribution in [3.05, 3.63) is 11.8 Å². The largest absolute Gasteiger partial charge is 0.355 e. The van der Waals surface area contributed by atoms with E-state index in [0.29, 0.717) is 13.0 Å². The van der Waals surface area contributed by atoms with Crippen molar-refractivity contribution in [1.29, 1.82) is 0 Å². The molecule has 1 aromatic rings. The van der Waals surface area contributed by atoms with E-state index in [0.717, 1.165) is 37.4 Å². The van der Waals surface area contributed by atoms with Gasteiger partial charge in [0.2, 0.25) is 11.8 Å². The lowest BCUT2D eigenvalue weighted by Crippen LogP contribution is -2.46. The van der Waals surface area contributed by atoms with Gasteiger partial charge in [-0.15, -0.1) is 0 Å². The Kier molecular flexibility index (Phi) is 4.04. The summed E-state index contributed by atoms with van der Waals surface area (Å²) in [6, 6.07) is 2.24. The van der Waals surface area contributed by atoms with E-state index >= 15 is 0 Å². The number of amides is 2. The van der Waals surface area contributed by atoms with Gasteiger partial charge >= 0.3 is 0 Å². The summed E-state index contributed by atoms with van der Waals surface area (Å²) in [5.41, 5.74) is 1.06. The van der Waals surface area contributed by atoms with Crippen molar-refractivity contribution in [2.75, 3.05) is 31.6 Å². The van der Waals surface area contributed by atoms with E-state index in [4.69, 9.17) is 0 Å². The van der Waals surface area contributed by atoms with Crippen LogP contribution in [0.15, 0.2) is 6.07 Å². The van der Waals surface area contributed by atoms with E-state index in [1.165, 1.54) is 0 Å². The Morgan fingerprint density at radius 2 is 2.14 bits per heavy atom. The topological polar surface area (TPSA) is 81.3 Å². The highest BCUT2D eigenvalue weighted by atomic mass is 16.2. The number of aromatic nitrogens is 2. The van der Waals surface area contributed by atoms with Crippen LogP contribution in [-0.4, -0.2) is 59.6 Å². The highest BCUT2D eigenvalue weighted by molar-refractivity contribution is 5.89. The number of nitrogens with zero attached hydrogens (tertiary/aromatic N) is 3. The van der Waals surface area contributed by atoms with E-state index in [-0.39, 0.29) is 23.8 Å². The molecule has 0 spiro atoms. The lowest BCUT2D eigenvalue weighted by Gasteiger charge is -2.32. The quantitative estimate of drug-likeness (QED) is 0.840. The van der Waals surface area contributed by atoms with E-state index in [1.54, 1.807) is 11.9 Å². The molecule has 3 rings (SSSR count). The van der Waals surface area contributed by atoms with Crippen molar-refractivity contribution in [3.63, 3.8) is 0 Å². The molecule has 2 saturated heterocycles. The highest BCUT2D eigenvalue weighted by Gasteiger charge is 2.33. The Labute approximate surface area is 130 Å². The summed E-state index contributed by atoms with van der Waals surface area (Å²) in [7, 11) is 1.75. The van der Waals surface area contributed by atoms with Gasteiger partial charge in [0, 0.05) is 50.9 Å². The molecule has 0 saturated carbocycles. The summed E-state index contributed by atoms with van der Waals surface area (Å²) in [4.78, 5) is 27.6. The van der Waals surface area contributed by atoms with Gasteiger partial charge < -0.3 is 15.1 Å². The average molecular weight is 305 g/mol. The van der Waals surface area contributed by atoms with Crippen molar-refractivity contribution >= 4 is 17.6 Å². The summed E-state index contributed by atoms with van der Waals surface area (Å²) >= 11 is 0. The molecule has 1 atom stereocenters. The third kappa shape index (κ3) is 3.08. The van der Waals surface area contributed by atoms with Crippen LogP contribution in [0.25, 0.3) is 0 Å². The molecular weight excluding hydrogens is 282 g/mol. The summed E-state index contributed by atoms with van der Waals surface area (Å²) in [6.07, 6.45) is 2.16. The van der Waals surface area contributed by atoms with Gasteiger partial charge in [-0.2, -0.15) is 5.10 Å². The van der Waals surface area contributed by atoms with Gasteiger partial charge in [-0.3, -0.25) is 14.7 Å². The number of nitrogens with one attached hydrogen (secondary N) is 2. The second-order valence-corrected chi connectivity index (χ2v) is 6.35. The number of aryl methyl sites for hydroxylation is 1. The van der Waals surface area contributed by atoms with E-state index in [2.05, 4.69) is 20.4 Å². The first-order chi connectivity index (χ1) is 10.5. The van der Waals surface area contributed by atoms with Gasteiger partial charge in [0.15, 0.2) is 5.82 Å². The summed E-state index contributed by atoms with van der Waals surface area (Å²) in [5.74, 6) is 0.866. The Bertz CT molecular complexity index is 562. The number of rotatable bonds is 3. The molecule has 2 amide bonds. The molecule has 7 nitrogen and oxygen atoms in total. The zero-order chi connectivity index (χ0) is 15.7. The van der Waals surface area contributed by atoms with Crippen LogP contribution >= 0.6 is 0 Å². The predicted octanol–water partition coefficient (Wildman–Crippen LogP) is 0.281. The molecule has 22 heavy (non-hydrogen) atoms. The van der Waals surface area contributed by atoms with E-state index in [9.17, 15) is 9.59 Å². The lowest BCUT2D eigenvalue weighted by atomic mass is 10.0. The maximum absolute atomic E-state index is 12.2. The van der Waals surface area contributed by atoms with Gasteiger partial charge in [0.1, 0.15) is 0 Å². The Hall–Kier alpha value is -2.05. The number of carbonyl (C=O) groups excluding carboxylic acids is 2. The molecule has 3 heterocycles. The number of piperidine rings is 1. The molecule has 7 heteroatoms. The van der Waals surface area contributed by atoms with Gasteiger partial charge in [-0.05, 0) is 19.8 Å². The van der Waals surface area contributed by atoms with Crippen molar-refractivity contribution < 1.29 is 9.59 Å². The van der Waals surface area contributed by atoms with Crippen LogP contribution in [0.2, 0.25) is 0 Å². The second-order valence-electron chi connectivity index (χ2n) is 6.35. The molecule has 0 aliphatic carbocycles. The first kappa shape index (κ1) is 14.9. The SMILES string of the molecule is Cc1cc(N2CCC(NC(=O)C3CC(=O)N(C)C3)CC2)n[nH]1. The van der Waals surface area contributed by atoms with Gasteiger partial charge in [0.25, 0.3) is 0 Å². The van der Waals surface area contributed by atoms with Crippen LogP contribution in [0, 0.1) is 12.8 Å². The fourth-order valence-corrected chi connectivity index (χ4v) is 3.18. The number of H-pyrrole nitrogens is 1. The molecule has 1 unspecified atom stereocenters. The van der Waals surface area contributed by atoms with Crippen LogP contribution in [0.4, 0.5) is 5.82 Å². The standard InChI is InChI=1S/C15H23N5O2/c1-10-7-13(18-17-10)20-5-3-12(4-6-20)16-15(22)11-8-14(21)19(2)9-11/h7,11-12H,3-6,8-9H2,1-2H3,(H,16,22)(H,17,18). The van der Waals surface area contributed by atoms with Crippen molar-refractivity contribution in [3.8, 4) is 0 Å². The average Bonchev–Trinajstić information content (AvgIpc) is 3.07. The van der Waals surface area contributed by atoms with E-state index < -0.39 is 0 Å². The molecular formula is C15H23N5O2.